The van der Waals surface area contributed by atoms with Gasteiger partial charge in [0.05, 0.1) is 29.4 Å². The number of nitrogens with one attached hydrogen (secondary N) is 2. The van der Waals surface area contributed by atoms with Gasteiger partial charge in [0.25, 0.3) is 0 Å². The summed E-state index contributed by atoms with van der Waals surface area (Å²) in [6, 6.07) is 10.9. The smallest absolute Gasteiger partial charge is 0.372 e. The molecule has 3 atom stereocenters. The summed E-state index contributed by atoms with van der Waals surface area (Å²) in [6.07, 6.45) is -9.15. The number of hydrogen-bond acceptors (Lipinski definition) is 3. The second kappa shape index (κ2) is 9.13. The largest absolute Gasteiger partial charge is 0.416 e. The molecule has 2 aromatic rings. The van der Waals surface area contributed by atoms with Gasteiger partial charge in [-0.1, -0.05) is 30.3 Å². The van der Waals surface area contributed by atoms with Gasteiger partial charge in [-0.05, 0) is 49.1 Å². The Hall–Kier alpha value is -2.59. The zero-order valence-electron chi connectivity index (χ0n) is 19.0. The van der Waals surface area contributed by atoms with Gasteiger partial charge in [0.15, 0.2) is 0 Å². The number of hydrogen-bond donors (Lipinski definition) is 2. The molecule has 0 aromatic heterocycles. The van der Waals surface area contributed by atoms with Crippen LogP contribution in [0.2, 0.25) is 0 Å². The maximum absolute atomic E-state index is 13.3. The van der Waals surface area contributed by atoms with E-state index < -0.39 is 35.1 Å². The third kappa shape index (κ3) is 5.48. The Labute approximate surface area is 199 Å². The number of alkyl halides is 6. The summed E-state index contributed by atoms with van der Waals surface area (Å²) in [5.74, 6) is -0.00565. The molecule has 35 heavy (non-hydrogen) atoms. The number of carbonyl (C=O) groups is 1. The van der Waals surface area contributed by atoms with Gasteiger partial charge in [-0.2, -0.15) is 26.3 Å². The standard InChI is InChI=1S/C25H26F6N2O2/c1-16(17-9-19(24(26,27)28)11-20(10-17)25(29,30)31)35-15-23(18-5-3-2-4-6-18)8-7-22(14-33-23)12-21(34)32-13-22/h2-6,9-11,16,33H,7-8,12-15H2,1H3,(H,32,34)/t16-,22+,23-/m1/s1. The first-order chi connectivity index (χ1) is 16.3. The quantitative estimate of drug-likeness (QED) is 0.527. The van der Waals surface area contributed by atoms with Crippen molar-refractivity contribution in [1.82, 2.24) is 10.6 Å². The number of benzene rings is 2. The highest BCUT2D eigenvalue weighted by Gasteiger charge is 2.47. The predicted molar refractivity (Wildman–Crippen MR) is 116 cm³/mol. The predicted octanol–water partition coefficient (Wildman–Crippen LogP) is 5.59. The second-order valence-corrected chi connectivity index (χ2v) is 9.55. The molecule has 4 nitrogen and oxygen atoms in total. The molecule has 2 fully saturated rings. The average Bonchev–Trinajstić information content (AvgIpc) is 3.18. The van der Waals surface area contributed by atoms with Crippen molar-refractivity contribution < 1.29 is 35.9 Å². The summed E-state index contributed by atoms with van der Waals surface area (Å²) in [5, 5.41) is 6.36. The highest BCUT2D eigenvalue weighted by atomic mass is 19.4. The van der Waals surface area contributed by atoms with Gasteiger partial charge >= 0.3 is 12.4 Å². The van der Waals surface area contributed by atoms with Crippen molar-refractivity contribution in [2.24, 2.45) is 5.41 Å². The van der Waals surface area contributed by atoms with E-state index in [9.17, 15) is 31.1 Å². The van der Waals surface area contributed by atoms with E-state index >= 15 is 0 Å². The summed E-state index contributed by atoms with van der Waals surface area (Å²) < 4.78 is 85.7. The number of halogens is 6. The van der Waals surface area contributed by atoms with Gasteiger partial charge in [0.2, 0.25) is 5.91 Å². The van der Waals surface area contributed by atoms with Gasteiger partial charge in [0.1, 0.15) is 0 Å². The van der Waals surface area contributed by atoms with Gasteiger partial charge in [-0.15, -0.1) is 0 Å². The molecule has 1 spiro atoms. The first kappa shape index (κ1) is 25.5. The molecular formula is C25H26F6N2O2. The highest BCUT2D eigenvalue weighted by molar-refractivity contribution is 5.79. The Bertz CT molecular complexity index is 1030. The van der Waals surface area contributed by atoms with Crippen LogP contribution in [0.25, 0.3) is 0 Å². The van der Waals surface area contributed by atoms with E-state index in [4.69, 9.17) is 4.74 Å². The topological polar surface area (TPSA) is 50.4 Å². The number of carbonyl (C=O) groups excluding carboxylic acids is 1. The van der Waals surface area contributed by atoms with Crippen LogP contribution in [0.1, 0.15) is 54.5 Å². The van der Waals surface area contributed by atoms with E-state index in [0.717, 1.165) is 5.56 Å². The molecule has 190 valence electrons. The van der Waals surface area contributed by atoms with E-state index in [-0.39, 0.29) is 29.6 Å². The van der Waals surface area contributed by atoms with Crippen LogP contribution in [0, 0.1) is 5.41 Å². The molecule has 0 aliphatic carbocycles. The Morgan fingerprint density at radius 2 is 1.57 bits per heavy atom. The lowest BCUT2D eigenvalue weighted by Crippen LogP contribution is -2.56. The summed E-state index contributed by atoms with van der Waals surface area (Å²) in [7, 11) is 0. The van der Waals surface area contributed by atoms with Gasteiger partial charge in [-0.3, -0.25) is 4.79 Å². The molecule has 2 N–H and O–H groups in total. The monoisotopic (exact) mass is 500 g/mol. The normalized spacial score (nSPS) is 26.1. The Kier molecular flexibility index (Phi) is 6.65. The molecule has 1 amide bonds. The van der Waals surface area contributed by atoms with E-state index in [1.54, 1.807) is 0 Å². The molecule has 0 saturated carbocycles. The van der Waals surface area contributed by atoms with Crippen LogP contribution in [0.3, 0.4) is 0 Å². The first-order valence-corrected chi connectivity index (χ1v) is 11.3. The maximum Gasteiger partial charge on any atom is 0.416 e. The van der Waals surface area contributed by atoms with Gasteiger partial charge in [0, 0.05) is 24.9 Å². The highest BCUT2D eigenvalue weighted by Crippen LogP contribution is 2.43. The fourth-order valence-corrected chi connectivity index (χ4v) is 4.85. The second-order valence-electron chi connectivity index (χ2n) is 9.55. The van der Waals surface area contributed by atoms with E-state index in [2.05, 4.69) is 10.6 Å². The molecule has 2 aliphatic rings. The molecule has 0 unspecified atom stereocenters. The summed E-state index contributed by atoms with van der Waals surface area (Å²) in [4.78, 5) is 11.8. The Balaban J connectivity index is 1.58. The lowest BCUT2D eigenvalue weighted by molar-refractivity contribution is -0.143. The van der Waals surface area contributed by atoms with E-state index in [1.807, 2.05) is 30.3 Å². The molecule has 2 aliphatic heterocycles. The average molecular weight is 500 g/mol. The molecule has 2 heterocycles. The minimum Gasteiger partial charge on any atom is -0.372 e. The van der Waals surface area contributed by atoms with Crippen molar-refractivity contribution in [3.63, 3.8) is 0 Å². The third-order valence-electron chi connectivity index (χ3n) is 7.07. The number of rotatable bonds is 5. The minimum atomic E-state index is -4.92. The zero-order chi connectivity index (χ0) is 25.5. The van der Waals surface area contributed by atoms with Crippen molar-refractivity contribution in [2.45, 2.75) is 50.2 Å². The fraction of sp³-hybridized carbons (Fsp3) is 0.480. The maximum atomic E-state index is 13.3. The molecule has 10 heteroatoms. The SMILES string of the molecule is C[C@@H](OC[C@@]1(c2ccccc2)CC[C@]2(CNC(=O)C2)CN1)c1cc(C(F)(F)F)cc(C(F)(F)F)c1. The molecule has 4 rings (SSSR count). The summed E-state index contributed by atoms with van der Waals surface area (Å²) in [5.41, 5.74) is -2.95. The van der Waals surface area contributed by atoms with Crippen molar-refractivity contribution in [2.75, 3.05) is 19.7 Å². The van der Waals surface area contributed by atoms with Crippen LogP contribution in [-0.2, 0) is 27.4 Å². The summed E-state index contributed by atoms with van der Waals surface area (Å²) in [6.45, 7) is 2.57. The Morgan fingerprint density at radius 3 is 2.06 bits per heavy atom. The zero-order valence-corrected chi connectivity index (χ0v) is 19.0. The lowest BCUT2D eigenvalue weighted by atomic mass is 9.71. The molecule has 2 aromatic carbocycles. The van der Waals surface area contributed by atoms with E-state index in [1.165, 1.54) is 6.92 Å². The van der Waals surface area contributed by atoms with E-state index in [0.29, 0.717) is 44.5 Å². The number of ether oxygens (including phenoxy) is 1. The summed E-state index contributed by atoms with van der Waals surface area (Å²) >= 11 is 0. The molecule has 2 saturated heterocycles. The van der Waals surface area contributed by atoms with Crippen LogP contribution in [0.4, 0.5) is 26.3 Å². The van der Waals surface area contributed by atoms with Crippen LogP contribution >= 0.6 is 0 Å². The van der Waals surface area contributed by atoms with Crippen LogP contribution in [-0.4, -0.2) is 25.6 Å². The third-order valence-corrected chi connectivity index (χ3v) is 7.07. The lowest BCUT2D eigenvalue weighted by Gasteiger charge is -2.46. The molecular weight excluding hydrogens is 474 g/mol. The van der Waals surface area contributed by atoms with Crippen LogP contribution in [0.5, 0.6) is 0 Å². The van der Waals surface area contributed by atoms with Crippen LogP contribution in [0.15, 0.2) is 48.5 Å². The van der Waals surface area contributed by atoms with Gasteiger partial charge < -0.3 is 15.4 Å². The Morgan fingerprint density at radius 1 is 0.943 bits per heavy atom. The number of piperidine rings is 1. The van der Waals surface area contributed by atoms with Crippen molar-refractivity contribution in [3.05, 3.63) is 70.8 Å². The van der Waals surface area contributed by atoms with Crippen molar-refractivity contribution in [1.29, 1.82) is 0 Å². The van der Waals surface area contributed by atoms with Crippen molar-refractivity contribution in [3.8, 4) is 0 Å². The molecule has 0 bridgehead atoms. The molecule has 0 radical (unpaired) electrons. The fourth-order valence-electron chi connectivity index (χ4n) is 4.85. The van der Waals surface area contributed by atoms with Gasteiger partial charge in [-0.25, -0.2) is 0 Å². The van der Waals surface area contributed by atoms with Crippen LogP contribution < -0.4 is 10.6 Å². The van der Waals surface area contributed by atoms with Crippen molar-refractivity contribution >= 4 is 5.91 Å². The number of amides is 1. The minimum absolute atomic E-state index is 0.00565. The first-order valence-electron chi connectivity index (χ1n) is 11.3.